The van der Waals surface area contributed by atoms with E-state index in [-0.39, 0.29) is 16.5 Å². The van der Waals surface area contributed by atoms with Crippen molar-refractivity contribution >= 4 is 17.7 Å². The van der Waals surface area contributed by atoms with Gasteiger partial charge in [0.15, 0.2) is 0 Å². The summed E-state index contributed by atoms with van der Waals surface area (Å²) in [7, 11) is 3.34. The van der Waals surface area contributed by atoms with Crippen LogP contribution in [0.1, 0.15) is 24.3 Å². The first-order chi connectivity index (χ1) is 12.7. The SMILES string of the molecule is CC[C@H]1S[C@@H](c2cc(OC)ccc2OC)N(CCN2CCNCC2)C1=O. The van der Waals surface area contributed by atoms with Gasteiger partial charge in [0.05, 0.1) is 19.5 Å². The van der Waals surface area contributed by atoms with Crippen LogP contribution in [-0.2, 0) is 4.79 Å². The van der Waals surface area contributed by atoms with Gasteiger partial charge in [0.2, 0.25) is 5.91 Å². The molecule has 2 aliphatic rings. The summed E-state index contributed by atoms with van der Waals surface area (Å²) in [6, 6.07) is 5.82. The van der Waals surface area contributed by atoms with E-state index in [9.17, 15) is 4.79 Å². The molecule has 0 aliphatic carbocycles. The molecule has 0 radical (unpaired) electrons. The Morgan fingerprint density at radius 1 is 1.19 bits per heavy atom. The lowest BCUT2D eigenvalue weighted by molar-refractivity contribution is -0.130. The molecule has 2 atom stereocenters. The third-order valence-corrected chi connectivity index (χ3v) is 6.70. The number of ether oxygens (including phenoxy) is 2. The Morgan fingerprint density at radius 2 is 1.96 bits per heavy atom. The van der Waals surface area contributed by atoms with Gasteiger partial charge >= 0.3 is 0 Å². The van der Waals surface area contributed by atoms with E-state index >= 15 is 0 Å². The molecule has 2 saturated heterocycles. The number of thioether (sulfide) groups is 1. The fourth-order valence-corrected chi connectivity index (χ4v) is 4.99. The summed E-state index contributed by atoms with van der Waals surface area (Å²) < 4.78 is 11.0. The van der Waals surface area contributed by atoms with Crippen molar-refractivity contribution in [2.75, 3.05) is 53.5 Å². The minimum absolute atomic E-state index is 0.0129. The Hall–Kier alpha value is -1.44. The number of nitrogens with zero attached hydrogens (tertiary/aromatic N) is 2. The molecule has 3 rings (SSSR count). The molecule has 26 heavy (non-hydrogen) atoms. The van der Waals surface area contributed by atoms with Gasteiger partial charge < -0.3 is 19.7 Å². The number of nitrogens with one attached hydrogen (secondary N) is 1. The average molecular weight is 380 g/mol. The molecule has 2 aliphatic heterocycles. The van der Waals surface area contributed by atoms with E-state index in [2.05, 4.69) is 17.1 Å². The molecule has 1 amide bonds. The molecule has 2 fully saturated rings. The minimum atomic E-state index is -0.0274. The lowest BCUT2D eigenvalue weighted by atomic mass is 10.1. The lowest BCUT2D eigenvalue weighted by Gasteiger charge is -2.31. The van der Waals surface area contributed by atoms with Crippen LogP contribution in [0.3, 0.4) is 0 Å². The first kappa shape index (κ1) is 19.3. The quantitative estimate of drug-likeness (QED) is 0.782. The zero-order valence-corrected chi connectivity index (χ0v) is 16.7. The molecule has 2 heterocycles. The van der Waals surface area contributed by atoms with Gasteiger partial charge in [-0.15, -0.1) is 11.8 Å². The molecule has 1 aromatic carbocycles. The highest BCUT2D eigenvalue weighted by Gasteiger charge is 2.41. The fraction of sp³-hybridized carbons (Fsp3) is 0.632. The van der Waals surface area contributed by atoms with Gasteiger partial charge in [-0.1, -0.05) is 6.92 Å². The van der Waals surface area contributed by atoms with Gasteiger partial charge in [-0.05, 0) is 24.6 Å². The van der Waals surface area contributed by atoms with Gasteiger partial charge in [-0.2, -0.15) is 0 Å². The number of benzene rings is 1. The van der Waals surface area contributed by atoms with Crippen LogP contribution in [0, 0.1) is 0 Å². The molecule has 1 aromatic rings. The average Bonchev–Trinajstić information content (AvgIpc) is 3.02. The van der Waals surface area contributed by atoms with Crippen LogP contribution in [0.5, 0.6) is 11.5 Å². The number of carbonyl (C=O) groups is 1. The molecule has 0 aromatic heterocycles. The zero-order chi connectivity index (χ0) is 18.5. The number of hydrogen-bond acceptors (Lipinski definition) is 6. The molecule has 0 spiro atoms. The number of hydrogen-bond donors (Lipinski definition) is 1. The number of amides is 1. The van der Waals surface area contributed by atoms with Gasteiger partial charge in [0.1, 0.15) is 16.9 Å². The Kier molecular flexibility index (Phi) is 6.67. The number of piperazine rings is 1. The highest BCUT2D eigenvalue weighted by Crippen LogP contribution is 2.47. The molecular formula is C19H29N3O3S. The summed E-state index contributed by atoms with van der Waals surface area (Å²) >= 11 is 1.73. The van der Waals surface area contributed by atoms with E-state index in [1.165, 1.54) is 0 Å². The molecule has 0 unspecified atom stereocenters. The van der Waals surface area contributed by atoms with Crippen LogP contribution in [0.4, 0.5) is 0 Å². The smallest absolute Gasteiger partial charge is 0.236 e. The van der Waals surface area contributed by atoms with E-state index in [1.54, 1.807) is 26.0 Å². The van der Waals surface area contributed by atoms with Crippen molar-refractivity contribution in [1.82, 2.24) is 15.1 Å². The van der Waals surface area contributed by atoms with E-state index in [0.717, 1.165) is 62.8 Å². The second-order valence-corrected chi connectivity index (χ2v) is 7.90. The summed E-state index contributed by atoms with van der Waals surface area (Å²) in [4.78, 5) is 17.4. The van der Waals surface area contributed by atoms with Gasteiger partial charge in [0, 0.05) is 44.8 Å². The molecule has 144 valence electrons. The van der Waals surface area contributed by atoms with Crippen molar-refractivity contribution in [3.63, 3.8) is 0 Å². The van der Waals surface area contributed by atoms with Crippen molar-refractivity contribution in [1.29, 1.82) is 0 Å². The highest BCUT2D eigenvalue weighted by molar-refractivity contribution is 8.01. The van der Waals surface area contributed by atoms with Crippen LogP contribution < -0.4 is 14.8 Å². The van der Waals surface area contributed by atoms with E-state index in [4.69, 9.17) is 9.47 Å². The molecular weight excluding hydrogens is 350 g/mol. The predicted octanol–water partition coefficient (Wildman–Crippen LogP) is 1.96. The molecule has 0 bridgehead atoms. The summed E-state index contributed by atoms with van der Waals surface area (Å²) in [6.45, 7) is 7.86. The first-order valence-electron chi connectivity index (χ1n) is 9.28. The van der Waals surface area contributed by atoms with Crippen molar-refractivity contribution in [2.45, 2.75) is 24.0 Å². The summed E-state index contributed by atoms with van der Waals surface area (Å²) in [5.74, 6) is 1.83. The van der Waals surface area contributed by atoms with Gasteiger partial charge in [0.25, 0.3) is 0 Å². The van der Waals surface area contributed by atoms with Crippen molar-refractivity contribution in [3.05, 3.63) is 23.8 Å². The summed E-state index contributed by atoms with van der Waals surface area (Å²) in [5, 5.41) is 3.36. The second kappa shape index (κ2) is 8.97. The highest BCUT2D eigenvalue weighted by atomic mass is 32.2. The molecule has 6 nitrogen and oxygen atoms in total. The maximum atomic E-state index is 12.9. The Bertz CT molecular complexity index is 622. The Labute approximate surface area is 160 Å². The normalized spacial score (nSPS) is 24.1. The zero-order valence-electron chi connectivity index (χ0n) is 15.9. The fourth-order valence-electron chi connectivity index (χ4n) is 3.54. The molecule has 7 heteroatoms. The van der Waals surface area contributed by atoms with Crippen molar-refractivity contribution in [2.24, 2.45) is 0 Å². The third-order valence-electron chi connectivity index (χ3n) is 5.08. The number of rotatable bonds is 7. The number of methoxy groups -OCH3 is 2. The third kappa shape index (κ3) is 4.10. The topological polar surface area (TPSA) is 54.0 Å². The van der Waals surface area contributed by atoms with Crippen LogP contribution in [0.2, 0.25) is 0 Å². The van der Waals surface area contributed by atoms with Crippen molar-refractivity contribution in [3.8, 4) is 11.5 Å². The second-order valence-electron chi connectivity index (χ2n) is 6.62. The maximum Gasteiger partial charge on any atom is 0.236 e. The lowest BCUT2D eigenvalue weighted by Crippen LogP contribution is -2.47. The Balaban J connectivity index is 1.81. The maximum absolute atomic E-state index is 12.9. The number of carbonyl (C=O) groups excluding carboxylic acids is 1. The molecule has 1 N–H and O–H groups in total. The van der Waals surface area contributed by atoms with Crippen molar-refractivity contribution < 1.29 is 14.3 Å². The van der Waals surface area contributed by atoms with E-state index < -0.39 is 0 Å². The van der Waals surface area contributed by atoms with Crippen LogP contribution in [0.25, 0.3) is 0 Å². The van der Waals surface area contributed by atoms with Crippen LogP contribution in [0.15, 0.2) is 18.2 Å². The minimum Gasteiger partial charge on any atom is -0.497 e. The van der Waals surface area contributed by atoms with Crippen LogP contribution >= 0.6 is 11.8 Å². The largest absolute Gasteiger partial charge is 0.497 e. The summed E-state index contributed by atoms with van der Waals surface area (Å²) in [5.41, 5.74) is 1.02. The van der Waals surface area contributed by atoms with E-state index in [1.807, 2.05) is 23.1 Å². The monoisotopic (exact) mass is 379 g/mol. The standard InChI is InChI=1S/C19H29N3O3S/c1-4-17-18(23)22(12-11-21-9-7-20-8-10-21)19(26-17)15-13-14(24-2)5-6-16(15)25-3/h5-6,13,17,19-20H,4,7-12H2,1-3H3/t17-,19+/m1/s1. The van der Waals surface area contributed by atoms with E-state index in [0.29, 0.717) is 0 Å². The van der Waals surface area contributed by atoms with Crippen LogP contribution in [-0.4, -0.2) is 74.4 Å². The molecule has 0 saturated carbocycles. The van der Waals surface area contributed by atoms with Gasteiger partial charge in [-0.25, -0.2) is 0 Å². The first-order valence-corrected chi connectivity index (χ1v) is 10.2. The van der Waals surface area contributed by atoms with Gasteiger partial charge in [-0.3, -0.25) is 9.69 Å². The summed E-state index contributed by atoms with van der Waals surface area (Å²) in [6.07, 6.45) is 0.844. The predicted molar refractivity (Wildman–Crippen MR) is 105 cm³/mol. The Morgan fingerprint density at radius 3 is 2.62 bits per heavy atom.